The Bertz CT molecular complexity index is 746. The molecule has 2 aromatic rings. The third kappa shape index (κ3) is 3.51. The SMILES string of the molecule is COc1ccc(C2=CSC(=Nc3c(C)cccc3C)NN2)cc1. The molecule has 0 unspecified atom stereocenters. The van der Waals surface area contributed by atoms with Crippen molar-refractivity contribution in [2.75, 3.05) is 7.11 Å². The number of hydrazine groups is 1. The van der Waals surface area contributed by atoms with Crippen molar-refractivity contribution in [1.29, 1.82) is 0 Å². The van der Waals surface area contributed by atoms with E-state index in [1.165, 1.54) is 11.1 Å². The fraction of sp³-hybridized carbons (Fsp3) is 0.167. The number of ether oxygens (including phenoxy) is 1. The lowest BCUT2D eigenvalue weighted by Crippen LogP contribution is -2.36. The van der Waals surface area contributed by atoms with Gasteiger partial charge in [0, 0.05) is 11.0 Å². The highest BCUT2D eigenvalue weighted by Crippen LogP contribution is 2.27. The zero-order chi connectivity index (χ0) is 16.2. The van der Waals surface area contributed by atoms with E-state index in [4.69, 9.17) is 9.73 Å². The molecule has 2 aromatic carbocycles. The second kappa shape index (κ2) is 6.79. The minimum absolute atomic E-state index is 0.833. The molecule has 118 valence electrons. The molecule has 5 heteroatoms. The van der Waals surface area contributed by atoms with Gasteiger partial charge in [0.15, 0.2) is 5.17 Å². The van der Waals surface area contributed by atoms with Crippen LogP contribution in [-0.4, -0.2) is 12.3 Å². The molecule has 0 spiro atoms. The van der Waals surface area contributed by atoms with Crippen LogP contribution in [0.1, 0.15) is 16.7 Å². The number of aliphatic imine (C=N–C) groups is 1. The lowest BCUT2D eigenvalue weighted by Gasteiger charge is -2.19. The van der Waals surface area contributed by atoms with Crippen LogP contribution < -0.4 is 15.6 Å². The summed E-state index contributed by atoms with van der Waals surface area (Å²) in [5.74, 6) is 0.850. The van der Waals surface area contributed by atoms with E-state index in [1.54, 1.807) is 18.9 Å². The zero-order valence-electron chi connectivity index (χ0n) is 13.4. The first-order chi connectivity index (χ1) is 11.2. The van der Waals surface area contributed by atoms with Crippen LogP contribution in [0.2, 0.25) is 0 Å². The summed E-state index contributed by atoms with van der Waals surface area (Å²) < 4.78 is 5.18. The van der Waals surface area contributed by atoms with Crippen molar-refractivity contribution in [2.45, 2.75) is 13.8 Å². The molecular formula is C18H19N3OS. The molecule has 4 nitrogen and oxygen atoms in total. The maximum Gasteiger partial charge on any atom is 0.184 e. The quantitative estimate of drug-likeness (QED) is 0.890. The summed E-state index contributed by atoms with van der Waals surface area (Å²) >= 11 is 1.57. The highest BCUT2D eigenvalue weighted by Gasteiger charge is 2.11. The molecule has 0 radical (unpaired) electrons. The van der Waals surface area contributed by atoms with Crippen LogP contribution in [0.25, 0.3) is 5.70 Å². The molecule has 23 heavy (non-hydrogen) atoms. The van der Waals surface area contributed by atoms with Gasteiger partial charge >= 0.3 is 0 Å². The van der Waals surface area contributed by atoms with E-state index in [0.717, 1.165) is 27.9 Å². The molecule has 1 aliphatic heterocycles. The first-order valence-corrected chi connectivity index (χ1v) is 8.23. The van der Waals surface area contributed by atoms with E-state index in [1.807, 2.05) is 24.3 Å². The average molecular weight is 325 g/mol. The lowest BCUT2D eigenvalue weighted by molar-refractivity contribution is 0.415. The van der Waals surface area contributed by atoms with Gasteiger partial charge in [-0.1, -0.05) is 30.0 Å². The topological polar surface area (TPSA) is 45.6 Å². The Hall–Kier alpha value is -2.40. The van der Waals surface area contributed by atoms with Crippen molar-refractivity contribution in [3.63, 3.8) is 0 Å². The summed E-state index contributed by atoms with van der Waals surface area (Å²) in [7, 11) is 1.67. The van der Waals surface area contributed by atoms with Gasteiger partial charge in [0.05, 0.1) is 18.5 Å². The van der Waals surface area contributed by atoms with Crippen LogP contribution in [0.5, 0.6) is 5.75 Å². The first kappa shape index (κ1) is 15.5. The van der Waals surface area contributed by atoms with Crippen molar-refractivity contribution in [3.05, 3.63) is 64.6 Å². The van der Waals surface area contributed by atoms with Gasteiger partial charge < -0.3 is 4.74 Å². The van der Waals surface area contributed by atoms with Gasteiger partial charge in [-0.2, -0.15) is 0 Å². The summed E-state index contributed by atoms with van der Waals surface area (Å²) in [5.41, 5.74) is 11.8. The van der Waals surface area contributed by atoms with Crippen molar-refractivity contribution in [3.8, 4) is 5.75 Å². The molecule has 0 atom stereocenters. The normalized spacial score (nSPS) is 15.6. The summed E-state index contributed by atoms with van der Waals surface area (Å²) in [6.45, 7) is 4.15. The zero-order valence-corrected chi connectivity index (χ0v) is 14.2. The van der Waals surface area contributed by atoms with Gasteiger partial charge in [0.2, 0.25) is 0 Å². The molecule has 1 heterocycles. The fourth-order valence-electron chi connectivity index (χ4n) is 2.34. The van der Waals surface area contributed by atoms with Gasteiger partial charge in [-0.15, -0.1) is 0 Å². The Morgan fingerprint density at radius 2 is 1.65 bits per heavy atom. The van der Waals surface area contributed by atoms with Gasteiger partial charge in [-0.05, 0) is 49.2 Å². The van der Waals surface area contributed by atoms with Crippen LogP contribution in [0, 0.1) is 13.8 Å². The van der Waals surface area contributed by atoms with Crippen LogP contribution in [-0.2, 0) is 0 Å². The fourth-order valence-corrected chi connectivity index (χ4v) is 3.02. The second-order valence-electron chi connectivity index (χ2n) is 5.29. The summed E-state index contributed by atoms with van der Waals surface area (Å²) in [4.78, 5) is 4.71. The molecule has 0 amide bonds. The Morgan fingerprint density at radius 3 is 2.22 bits per heavy atom. The van der Waals surface area contributed by atoms with E-state index >= 15 is 0 Å². The van der Waals surface area contributed by atoms with Gasteiger partial charge in [0.1, 0.15) is 5.75 Å². The van der Waals surface area contributed by atoms with E-state index in [-0.39, 0.29) is 0 Å². The van der Waals surface area contributed by atoms with Crippen molar-refractivity contribution in [2.24, 2.45) is 4.99 Å². The monoisotopic (exact) mass is 325 g/mol. The molecule has 0 aromatic heterocycles. The number of nitrogens with zero attached hydrogens (tertiary/aromatic N) is 1. The highest BCUT2D eigenvalue weighted by molar-refractivity contribution is 8.16. The van der Waals surface area contributed by atoms with Crippen LogP contribution in [0.4, 0.5) is 5.69 Å². The second-order valence-corrected chi connectivity index (χ2v) is 6.14. The lowest BCUT2D eigenvalue weighted by atomic mass is 10.1. The molecule has 3 rings (SSSR count). The number of aryl methyl sites for hydroxylation is 2. The molecule has 2 N–H and O–H groups in total. The molecule has 0 saturated carbocycles. The number of nitrogens with one attached hydrogen (secondary N) is 2. The van der Waals surface area contributed by atoms with Gasteiger partial charge in [0.25, 0.3) is 0 Å². The van der Waals surface area contributed by atoms with Crippen molar-refractivity contribution >= 4 is 28.3 Å². The molecular weight excluding hydrogens is 306 g/mol. The van der Waals surface area contributed by atoms with Crippen LogP contribution in [0.3, 0.4) is 0 Å². The van der Waals surface area contributed by atoms with Gasteiger partial charge in [-0.3, -0.25) is 10.9 Å². The highest BCUT2D eigenvalue weighted by atomic mass is 32.2. The number of hydrogen-bond acceptors (Lipinski definition) is 4. The standard InChI is InChI=1S/C18H19N3OS/c1-12-5-4-6-13(2)17(12)19-18-21-20-16(11-23-18)14-7-9-15(22-3)10-8-14/h4-11,20H,1-3H3,(H,19,21). The number of hydrogen-bond donors (Lipinski definition) is 2. The van der Waals surface area contributed by atoms with Crippen molar-refractivity contribution < 1.29 is 4.74 Å². The van der Waals surface area contributed by atoms with Crippen molar-refractivity contribution in [1.82, 2.24) is 10.9 Å². The predicted octanol–water partition coefficient (Wildman–Crippen LogP) is 4.14. The number of thioether (sulfide) groups is 1. The van der Waals surface area contributed by atoms with E-state index in [9.17, 15) is 0 Å². The predicted molar refractivity (Wildman–Crippen MR) is 97.8 cm³/mol. The number of amidine groups is 1. The average Bonchev–Trinajstić information content (AvgIpc) is 2.59. The first-order valence-electron chi connectivity index (χ1n) is 7.35. The van der Waals surface area contributed by atoms with Crippen LogP contribution in [0.15, 0.2) is 52.9 Å². The van der Waals surface area contributed by atoms with E-state index in [0.29, 0.717) is 0 Å². The minimum atomic E-state index is 0.833. The molecule has 1 aliphatic rings. The van der Waals surface area contributed by atoms with Crippen LogP contribution >= 0.6 is 11.8 Å². The molecule has 0 fully saturated rings. The number of benzene rings is 2. The minimum Gasteiger partial charge on any atom is -0.497 e. The Kier molecular flexibility index (Phi) is 4.57. The van der Waals surface area contributed by atoms with E-state index in [2.05, 4.69) is 48.3 Å². The molecule has 0 aliphatic carbocycles. The Morgan fingerprint density at radius 1 is 0.957 bits per heavy atom. The Labute approximate surface area is 140 Å². The van der Waals surface area contributed by atoms with E-state index < -0.39 is 0 Å². The summed E-state index contributed by atoms with van der Waals surface area (Å²) in [6, 6.07) is 14.1. The number of methoxy groups -OCH3 is 1. The summed E-state index contributed by atoms with van der Waals surface area (Å²) in [6.07, 6.45) is 0. The molecule has 0 saturated heterocycles. The van der Waals surface area contributed by atoms with Gasteiger partial charge in [-0.25, -0.2) is 4.99 Å². The number of rotatable bonds is 3. The largest absolute Gasteiger partial charge is 0.497 e. The smallest absolute Gasteiger partial charge is 0.184 e. The third-order valence-electron chi connectivity index (χ3n) is 3.65. The summed E-state index contributed by atoms with van der Waals surface area (Å²) in [5, 5.41) is 2.89. The maximum atomic E-state index is 5.18. The molecule has 0 bridgehead atoms. The third-order valence-corrected chi connectivity index (χ3v) is 4.42. The Balaban J connectivity index is 1.78. The number of para-hydroxylation sites is 1. The maximum absolute atomic E-state index is 5.18.